The Morgan fingerprint density at radius 3 is 2.30 bits per heavy atom. The number of carbonyl (C=O) groups excluding carboxylic acids is 1. The number of methoxy groups -OCH3 is 1. The molecular weight excluding hydrogens is 342 g/mol. The van der Waals surface area contributed by atoms with Crippen molar-refractivity contribution in [3.05, 3.63) is 45.9 Å². The molecule has 3 rings (SSSR count). The van der Waals surface area contributed by atoms with Gasteiger partial charge in [0.2, 0.25) is 0 Å². The van der Waals surface area contributed by atoms with E-state index in [0.29, 0.717) is 18.0 Å². The Bertz CT molecular complexity index is 994. The summed E-state index contributed by atoms with van der Waals surface area (Å²) in [5.41, 5.74) is 8.49. The molecule has 2 heterocycles. The van der Waals surface area contributed by atoms with Crippen LogP contribution in [0.5, 0.6) is 0 Å². The number of hydrogen-bond donors (Lipinski definition) is 1. The largest absolute Gasteiger partial charge is 0.468 e. The van der Waals surface area contributed by atoms with Crippen molar-refractivity contribution in [1.29, 1.82) is 0 Å². The molecule has 3 aromatic rings. The van der Waals surface area contributed by atoms with Crippen molar-refractivity contribution in [2.45, 2.75) is 47.7 Å². The fourth-order valence-corrected chi connectivity index (χ4v) is 3.35. The number of nitrogens with zero attached hydrogens (tertiary/aromatic N) is 4. The lowest BCUT2D eigenvalue weighted by Gasteiger charge is -2.19. The first-order valence-corrected chi connectivity index (χ1v) is 8.88. The zero-order chi connectivity index (χ0) is 19.7. The summed E-state index contributed by atoms with van der Waals surface area (Å²) in [4.78, 5) is 20.2. The second kappa shape index (κ2) is 7.34. The standard InChI is InChI=1S/C20H25N5O2/c1-11-12(2)14(4)16(15(5)13(11)3)7-21-19-17-8-24-25(9-18(26)27-6)20(17)23-10-22-19/h8,10H,7,9H2,1-6H3,(H,21,22,23). The lowest BCUT2D eigenvalue weighted by molar-refractivity contribution is -0.141. The van der Waals surface area contributed by atoms with Crippen LogP contribution < -0.4 is 5.32 Å². The molecule has 0 amide bonds. The molecule has 27 heavy (non-hydrogen) atoms. The van der Waals surface area contributed by atoms with E-state index >= 15 is 0 Å². The van der Waals surface area contributed by atoms with Gasteiger partial charge in [0.25, 0.3) is 0 Å². The van der Waals surface area contributed by atoms with Gasteiger partial charge in [-0.05, 0) is 68.0 Å². The molecule has 0 radical (unpaired) electrons. The maximum Gasteiger partial charge on any atom is 0.327 e. The maximum absolute atomic E-state index is 11.5. The zero-order valence-electron chi connectivity index (χ0n) is 16.7. The minimum atomic E-state index is -0.370. The van der Waals surface area contributed by atoms with Gasteiger partial charge in [0, 0.05) is 6.54 Å². The van der Waals surface area contributed by atoms with Gasteiger partial charge in [-0.15, -0.1) is 0 Å². The van der Waals surface area contributed by atoms with Gasteiger partial charge in [-0.1, -0.05) is 0 Å². The highest BCUT2D eigenvalue weighted by Crippen LogP contribution is 2.27. The zero-order valence-corrected chi connectivity index (χ0v) is 16.7. The van der Waals surface area contributed by atoms with E-state index in [1.54, 1.807) is 6.20 Å². The molecule has 0 unspecified atom stereocenters. The van der Waals surface area contributed by atoms with Crippen molar-refractivity contribution >= 4 is 22.8 Å². The minimum absolute atomic E-state index is 0.0189. The fourth-order valence-electron chi connectivity index (χ4n) is 3.35. The Morgan fingerprint density at radius 2 is 1.67 bits per heavy atom. The molecule has 7 nitrogen and oxygen atoms in total. The molecule has 0 aliphatic rings. The highest BCUT2D eigenvalue weighted by Gasteiger charge is 2.15. The van der Waals surface area contributed by atoms with E-state index in [1.165, 1.54) is 51.5 Å². The molecule has 2 aromatic heterocycles. The van der Waals surface area contributed by atoms with Crippen LogP contribution >= 0.6 is 0 Å². The number of esters is 1. The van der Waals surface area contributed by atoms with E-state index in [0.717, 1.165) is 5.39 Å². The van der Waals surface area contributed by atoms with Gasteiger partial charge in [-0.25, -0.2) is 14.6 Å². The molecule has 0 saturated heterocycles. The second-order valence-corrected chi connectivity index (χ2v) is 6.80. The number of nitrogens with one attached hydrogen (secondary N) is 1. The molecule has 7 heteroatoms. The number of anilines is 1. The topological polar surface area (TPSA) is 81.9 Å². The molecule has 1 aromatic carbocycles. The average Bonchev–Trinajstić information content (AvgIpc) is 3.08. The number of benzene rings is 1. The Balaban J connectivity index is 1.92. The van der Waals surface area contributed by atoms with E-state index in [9.17, 15) is 4.79 Å². The summed E-state index contributed by atoms with van der Waals surface area (Å²) in [6.07, 6.45) is 3.15. The third kappa shape index (κ3) is 3.37. The molecule has 0 saturated carbocycles. The molecule has 0 bridgehead atoms. The quantitative estimate of drug-likeness (QED) is 0.698. The maximum atomic E-state index is 11.5. The Morgan fingerprint density at radius 1 is 1.04 bits per heavy atom. The van der Waals surface area contributed by atoms with E-state index in [2.05, 4.69) is 55.0 Å². The molecule has 142 valence electrons. The van der Waals surface area contributed by atoms with Crippen molar-refractivity contribution in [3.63, 3.8) is 0 Å². The summed E-state index contributed by atoms with van der Waals surface area (Å²) in [5, 5.41) is 8.44. The van der Waals surface area contributed by atoms with Crippen LogP contribution in [-0.4, -0.2) is 32.8 Å². The van der Waals surface area contributed by atoms with Crippen molar-refractivity contribution in [2.24, 2.45) is 0 Å². The summed E-state index contributed by atoms with van der Waals surface area (Å²) < 4.78 is 6.23. The summed E-state index contributed by atoms with van der Waals surface area (Å²) >= 11 is 0. The highest BCUT2D eigenvalue weighted by atomic mass is 16.5. The van der Waals surface area contributed by atoms with Crippen LogP contribution in [0.25, 0.3) is 11.0 Å². The molecule has 0 fully saturated rings. The molecular formula is C20H25N5O2. The SMILES string of the molecule is COC(=O)Cn1ncc2c(NCc3c(C)c(C)c(C)c(C)c3C)ncnc21. The fraction of sp³-hybridized carbons (Fsp3) is 0.400. The Hall–Kier alpha value is -2.96. The van der Waals surface area contributed by atoms with Crippen LogP contribution in [0, 0.1) is 34.6 Å². The van der Waals surface area contributed by atoms with E-state index in [4.69, 9.17) is 4.74 Å². The first-order chi connectivity index (χ1) is 12.8. The van der Waals surface area contributed by atoms with Gasteiger partial charge >= 0.3 is 5.97 Å². The summed E-state index contributed by atoms with van der Waals surface area (Å²) in [5.74, 6) is 0.329. The number of rotatable bonds is 5. The van der Waals surface area contributed by atoms with Gasteiger partial charge in [-0.3, -0.25) is 4.79 Å². The Labute approximate surface area is 158 Å². The molecule has 0 aliphatic heterocycles. The van der Waals surface area contributed by atoms with Crippen molar-refractivity contribution < 1.29 is 9.53 Å². The van der Waals surface area contributed by atoms with E-state index in [-0.39, 0.29) is 12.5 Å². The monoisotopic (exact) mass is 367 g/mol. The number of ether oxygens (including phenoxy) is 1. The van der Waals surface area contributed by atoms with E-state index < -0.39 is 0 Å². The van der Waals surface area contributed by atoms with Gasteiger partial charge in [0.15, 0.2) is 5.65 Å². The van der Waals surface area contributed by atoms with Crippen LogP contribution in [0.3, 0.4) is 0 Å². The lowest BCUT2D eigenvalue weighted by Crippen LogP contribution is -2.13. The first kappa shape index (κ1) is 18.8. The average molecular weight is 367 g/mol. The van der Waals surface area contributed by atoms with Crippen LogP contribution in [0.1, 0.15) is 33.4 Å². The third-order valence-electron chi connectivity index (χ3n) is 5.53. The lowest BCUT2D eigenvalue weighted by atomic mass is 9.89. The van der Waals surface area contributed by atoms with Gasteiger partial charge in [-0.2, -0.15) is 5.10 Å². The number of carbonyl (C=O) groups is 1. The van der Waals surface area contributed by atoms with Gasteiger partial charge < -0.3 is 10.1 Å². The summed E-state index contributed by atoms with van der Waals surface area (Å²) in [6.45, 7) is 11.5. The summed E-state index contributed by atoms with van der Waals surface area (Å²) in [6, 6.07) is 0. The molecule has 0 spiro atoms. The number of aromatic nitrogens is 4. The predicted molar refractivity (Wildman–Crippen MR) is 105 cm³/mol. The van der Waals surface area contributed by atoms with Crippen LogP contribution in [-0.2, 0) is 22.6 Å². The highest BCUT2D eigenvalue weighted by molar-refractivity contribution is 5.86. The van der Waals surface area contributed by atoms with Crippen molar-refractivity contribution in [3.8, 4) is 0 Å². The summed E-state index contributed by atoms with van der Waals surface area (Å²) in [7, 11) is 1.35. The molecule has 0 aliphatic carbocycles. The first-order valence-electron chi connectivity index (χ1n) is 8.88. The smallest absolute Gasteiger partial charge is 0.327 e. The third-order valence-corrected chi connectivity index (χ3v) is 5.53. The van der Waals surface area contributed by atoms with Crippen molar-refractivity contribution in [2.75, 3.05) is 12.4 Å². The predicted octanol–water partition coefficient (Wildman–Crippen LogP) is 3.15. The normalized spacial score (nSPS) is 11.0. The van der Waals surface area contributed by atoms with Gasteiger partial charge in [0.1, 0.15) is 18.7 Å². The Kier molecular flexibility index (Phi) is 5.12. The number of hydrogen-bond acceptors (Lipinski definition) is 6. The van der Waals surface area contributed by atoms with Crippen LogP contribution in [0.2, 0.25) is 0 Å². The van der Waals surface area contributed by atoms with Crippen molar-refractivity contribution in [1.82, 2.24) is 19.7 Å². The van der Waals surface area contributed by atoms with Gasteiger partial charge in [0.05, 0.1) is 18.7 Å². The second-order valence-electron chi connectivity index (χ2n) is 6.80. The number of fused-ring (bicyclic) bond motifs is 1. The van der Waals surface area contributed by atoms with E-state index in [1.807, 2.05) is 0 Å². The van der Waals surface area contributed by atoms with Crippen LogP contribution in [0.4, 0.5) is 5.82 Å². The van der Waals surface area contributed by atoms with Crippen LogP contribution in [0.15, 0.2) is 12.5 Å². The minimum Gasteiger partial charge on any atom is -0.468 e. The molecule has 1 N–H and O–H groups in total. The molecule has 0 atom stereocenters.